The quantitative estimate of drug-likeness (QED) is 0.693. The predicted octanol–water partition coefficient (Wildman–Crippen LogP) is 3.73. The summed E-state index contributed by atoms with van der Waals surface area (Å²) in [6, 6.07) is 7.83. The molecular formula is C25H29F3N4O2. The molecule has 6 nitrogen and oxygen atoms in total. The van der Waals surface area contributed by atoms with Crippen molar-refractivity contribution in [2.75, 3.05) is 26.2 Å². The number of amides is 2. The van der Waals surface area contributed by atoms with E-state index in [0.717, 1.165) is 43.4 Å². The molecule has 2 aliphatic rings. The van der Waals surface area contributed by atoms with Crippen molar-refractivity contribution in [3.8, 4) is 0 Å². The summed E-state index contributed by atoms with van der Waals surface area (Å²) in [5.74, 6) is 0.00811. The van der Waals surface area contributed by atoms with Crippen molar-refractivity contribution in [3.05, 3.63) is 65.5 Å². The van der Waals surface area contributed by atoms with E-state index in [-0.39, 0.29) is 29.3 Å². The van der Waals surface area contributed by atoms with Gasteiger partial charge in [-0.3, -0.25) is 19.5 Å². The number of pyridine rings is 1. The molecule has 0 radical (unpaired) electrons. The van der Waals surface area contributed by atoms with Crippen molar-refractivity contribution in [1.82, 2.24) is 20.1 Å². The van der Waals surface area contributed by atoms with Crippen LogP contribution >= 0.6 is 0 Å². The summed E-state index contributed by atoms with van der Waals surface area (Å²) in [7, 11) is 0. The summed E-state index contributed by atoms with van der Waals surface area (Å²) < 4.78 is 38.4. The second kappa shape index (κ2) is 10.5. The van der Waals surface area contributed by atoms with Crippen LogP contribution < -0.4 is 5.32 Å². The van der Waals surface area contributed by atoms with Gasteiger partial charge in [-0.1, -0.05) is 12.8 Å². The van der Waals surface area contributed by atoms with Crippen LogP contribution in [0.5, 0.6) is 0 Å². The number of nitrogens with one attached hydrogen (secondary N) is 1. The molecule has 0 spiro atoms. The standard InChI is InChI=1S/C25H29F3N4O2/c26-25(27,28)21-7-5-20(6-8-21)24(34)32-15-13-31(14-16-32)22(19-3-1-2-4-19)23(33)30-17-18-9-11-29-12-10-18/h5-12,19,22H,1-4,13-17H2,(H,30,33). The van der Waals surface area contributed by atoms with E-state index in [1.165, 1.54) is 12.1 Å². The Labute approximate surface area is 197 Å². The van der Waals surface area contributed by atoms with Crippen LogP contribution in [0.15, 0.2) is 48.8 Å². The number of carbonyl (C=O) groups is 2. The first-order valence-corrected chi connectivity index (χ1v) is 11.7. The molecule has 2 aromatic rings. The maximum absolute atomic E-state index is 13.2. The van der Waals surface area contributed by atoms with Crippen molar-refractivity contribution in [3.63, 3.8) is 0 Å². The summed E-state index contributed by atoms with van der Waals surface area (Å²) in [5.41, 5.74) is 0.454. The smallest absolute Gasteiger partial charge is 0.351 e. The Morgan fingerprint density at radius 1 is 0.971 bits per heavy atom. The highest BCUT2D eigenvalue weighted by atomic mass is 19.4. The Hall–Kier alpha value is -2.94. The van der Waals surface area contributed by atoms with Crippen molar-refractivity contribution < 1.29 is 22.8 Å². The van der Waals surface area contributed by atoms with Crippen LogP contribution in [-0.2, 0) is 17.5 Å². The Kier molecular flexibility index (Phi) is 7.50. The largest absolute Gasteiger partial charge is 0.416 e. The van der Waals surface area contributed by atoms with E-state index in [0.29, 0.717) is 32.7 Å². The molecule has 1 aromatic carbocycles. The van der Waals surface area contributed by atoms with E-state index in [2.05, 4.69) is 15.2 Å². The monoisotopic (exact) mass is 474 g/mol. The normalized spacial score (nSPS) is 18.6. The lowest BCUT2D eigenvalue weighted by atomic mass is 9.94. The van der Waals surface area contributed by atoms with Gasteiger partial charge in [0.05, 0.1) is 11.6 Å². The molecule has 2 amide bonds. The molecule has 1 unspecified atom stereocenters. The Balaban J connectivity index is 1.37. The van der Waals surface area contributed by atoms with Crippen LogP contribution in [0.25, 0.3) is 0 Å². The summed E-state index contributed by atoms with van der Waals surface area (Å²) >= 11 is 0. The van der Waals surface area contributed by atoms with Gasteiger partial charge in [0.1, 0.15) is 0 Å². The molecule has 1 aliphatic carbocycles. The van der Waals surface area contributed by atoms with E-state index in [9.17, 15) is 22.8 Å². The summed E-state index contributed by atoms with van der Waals surface area (Å²) in [6.07, 6.45) is 3.22. The van der Waals surface area contributed by atoms with Crippen molar-refractivity contribution in [2.24, 2.45) is 5.92 Å². The van der Waals surface area contributed by atoms with Gasteiger partial charge in [0.25, 0.3) is 5.91 Å². The van der Waals surface area contributed by atoms with Crippen LogP contribution in [0.1, 0.15) is 47.2 Å². The molecular weight excluding hydrogens is 445 g/mol. The lowest BCUT2D eigenvalue weighted by Crippen LogP contribution is -2.57. The van der Waals surface area contributed by atoms with Gasteiger partial charge in [0.15, 0.2) is 0 Å². The first-order valence-electron chi connectivity index (χ1n) is 11.7. The topological polar surface area (TPSA) is 65.5 Å². The molecule has 1 saturated carbocycles. The second-order valence-corrected chi connectivity index (χ2v) is 8.97. The minimum Gasteiger partial charge on any atom is -0.351 e. The molecule has 9 heteroatoms. The minimum atomic E-state index is -4.43. The number of alkyl halides is 3. The zero-order chi connectivity index (χ0) is 24.1. The average Bonchev–Trinajstić information content (AvgIpc) is 3.37. The maximum Gasteiger partial charge on any atom is 0.416 e. The average molecular weight is 475 g/mol. The van der Waals surface area contributed by atoms with Crippen molar-refractivity contribution in [1.29, 1.82) is 0 Å². The number of carbonyl (C=O) groups excluding carboxylic acids is 2. The third-order valence-electron chi connectivity index (χ3n) is 6.79. The fraction of sp³-hybridized carbons (Fsp3) is 0.480. The fourth-order valence-corrected chi connectivity index (χ4v) is 4.93. The molecule has 1 aromatic heterocycles. The number of rotatable bonds is 6. The van der Waals surface area contributed by atoms with Gasteiger partial charge in [-0.05, 0) is 60.7 Å². The van der Waals surface area contributed by atoms with Crippen LogP contribution in [0.3, 0.4) is 0 Å². The summed E-state index contributed by atoms with van der Waals surface area (Å²) in [5, 5.41) is 3.07. The maximum atomic E-state index is 13.2. The Morgan fingerprint density at radius 3 is 2.18 bits per heavy atom. The van der Waals surface area contributed by atoms with Crippen LogP contribution in [0.2, 0.25) is 0 Å². The van der Waals surface area contributed by atoms with E-state index >= 15 is 0 Å². The van der Waals surface area contributed by atoms with Crippen molar-refractivity contribution in [2.45, 2.75) is 44.4 Å². The molecule has 1 saturated heterocycles. The first kappa shape index (κ1) is 24.2. The number of hydrogen-bond donors (Lipinski definition) is 1. The summed E-state index contributed by atoms with van der Waals surface area (Å²) in [6.45, 7) is 2.41. The van der Waals surface area contributed by atoms with Gasteiger partial charge >= 0.3 is 6.18 Å². The molecule has 1 N–H and O–H groups in total. The highest BCUT2D eigenvalue weighted by molar-refractivity contribution is 5.94. The molecule has 0 bridgehead atoms. The van der Waals surface area contributed by atoms with Crippen molar-refractivity contribution >= 4 is 11.8 Å². The number of halogens is 3. The lowest BCUT2D eigenvalue weighted by Gasteiger charge is -2.40. The van der Waals surface area contributed by atoms with E-state index in [1.54, 1.807) is 17.3 Å². The third-order valence-corrected chi connectivity index (χ3v) is 6.79. The van der Waals surface area contributed by atoms with Crippen LogP contribution in [-0.4, -0.2) is 58.8 Å². The molecule has 4 rings (SSSR count). The molecule has 2 fully saturated rings. The third kappa shape index (κ3) is 5.75. The molecule has 34 heavy (non-hydrogen) atoms. The number of benzene rings is 1. The zero-order valence-corrected chi connectivity index (χ0v) is 18.9. The van der Waals surface area contributed by atoms with Gasteiger partial charge in [0.2, 0.25) is 5.91 Å². The minimum absolute atomic E-state index is 0.00577. The van der Waals surface area contributed by atoms with Gasteiger partial charge in [-0.15, -0.1) is 0 Å². The number of piperazine rings is 1. The predicted molar refractivity (Wildman–Crippen MR) is 121 cm³/mol. The van der Waals surface area contributed by atoms with E-state index in [1.807, 2.05) is 12.1 Å². The van der Waals surface area contributed by atoms with Gasteiger partial charge in [0, 0.05) is 50.7 Å². The summed E-state index contributed by atoms with van der Waals surface area (Å²) in [4.78, 5) is 33.9. The molecule has 1 atom stereocenters. The van der Waals surface area contributed by atoms with Gasteiger partial charge in [-0.2, -0.15) is 13.2 Å². The number of aromatic nitrogens is 1. The number of nitrogens with zero attached hydrogens (tertiary/aromatic N) is 3. The lowest BCUT2D eigenvalue weighted by molar-refractivity contribution is -0.137. The fourth-order valence-electron chi connectivity index (χ4n) is 4.93. The van der Waals surface area contributed by atoms with E-state index < -0.39 is 11.7 Å². The van der Waals surface area contributed by atoms with Gasteiger partial charge < -0.3 is 10.2 Å². The first-order chi connectivity index (χ1) is 16.3. The van der Waals surface area contributed by atoms with Crippen LogP contribution in [0.4, 0.5) is 13.2 Å². The Morgan fingerprint density at radius 2 is 1.59 bits per heavy atom. The highest BCUT2D eigenvalue weighted by Crippen LogP contribution is 2.32. The second-order valence-electron chi connectivity index (χ2n) is 8.97. The van der Waals surface area contributed by atoms with Crippen LogP contribution in [0, 0.1) is 5.92 Å². The van der Waals surface area contributed by atoms with Gasteiger partial charge in [-0.25, -0.2) is 0 Å². The molecule has 182 valence electrons. The van der Waals surface area contributed by atoms with E-state index in [4.69, 9.17) is 0 Å². The highest BCUT2D eigenvalue weighted by Gasteiger charge is 2.37. The molecule has 1 aliphatic heterocycles. The number of hydrogen-bond acceptors (Lipinski definition) is 4. The molecule has 2 heterocycles. The zero-order valence-electron chi connectivity index (χ0n) is 18.9. The SMILES string of the molecule is O=C(NCc1ccncc1)C(C1CCCC1)N1CCN(C(=O)c2ccc(C(F)(F)F)cc2)CC1. The Bertz CT molecular complexity index is 968.